The van der Waals surface area contributed by atoms with Crippen LogP contribution in [-0.4, -0.2) is 34.6 Å². The Morgan fingerprint density at radius 2 is 2.14 bits per heavy atom. The minimum atomic E-state index is -0.965. The lowest BCUT2D eigenvalue weighted by Crippen LogP contribution is -2.53. The van der Waals surface area contributed by atoms with Crippen molar-refractivity contribution >= 4 is 29.3 Å². The standard InChI is InChI=1S/C15H19ClN2O3/c1-9-5-6-12(11(16)8-9)17-15(21)18-7-3-4-10(2)13(18)14(19)20/h5-6,8,10,13H,3-4,7H2,1-2H3,(H,17,21)(H,19,20). The van der Waals surface area contributed by atoms with Gasteiger partial charge in [0.15, 0.2) is 0 Å². The Labute approximate surface area is 128 Å². The highest BCUT2D eigenvalue weighted by Crippen LogP contribution is 2.27. The summed E-state index contributed by atoms with van der Waals surface area (Å²) in [6, 6.07) is 4.11. The summed E-state index contributed by atoms with van der Waals surface area (Å²) in [6.07, 6.45) is 1.62. The normalized spacial score (nSPS) is 22.0. The molecule has 2 amide bonds. The lowest BCUT2D eigenvalue weighted by molar-refractivity contribution is -0.145. The molecule has 5 nitrogen and oxygen atoms in total. The summed E-state index contributed by atoms with van der Waals surface area (Å²) in [5.74, 6) is -1.03. The number of carboxylic acid groups (broad SMARTS) is 1. The first-order valence-electron chi connectivity index (χ1n) is 6.96. The van der Waals surface area contributed by atoms with Crippen molar-refractivity contribution in [3.8, 4) is 0 Å². The van der Waals surface area contributed by atoms with Gasteiger partial charge in [-0.25, -0.2) is 9.59 Å². The van der Waals surface area contributed by atoms with Crippen molar-refractivity contribution in [3.63, 3.8) is 0 Å². The third-order valence-electron chi connectivity index (χ3n) is 3.81. The van der Waals surface area contributed by atoms with Crippen molar-refractivity contribution in [1.82, 2.24) is 4.90 Å². The molecule has 114 valence electrons. The number of rotatable bonds is 2. The predicted octanol–water partition coefficient (Wildman–Crippen LogP) is 3.37. The van der Waals surface area contributed by atoms with Gasteiger partial charge < -0.3 is 15.3 Å². The first-order chi connectivity index (χ1) is 9.90. The van der Waals surface area contributed by atoms with E-state index in [2.05, 4.69) is 5.32 Å². The number of benzene rings is 1. The number of nitrogens with zero attached hydrogens (tertiary/aromatic N) is 1. The van der Waals surface area contributed by atoms with Crippen LogP contribution >= 0.6 is 11.6 Å². The fourth-order valence-corrected chi connectivity index (χ4v) is 2.98. The molecule has 1 aromatic carbocycles. The molecule has 0 bridgehead atoms. The molecule has 6 heteroatoms. The Morgan fingerprint density at radius 1 is 1.43 bits per heavy atom. The number of piperidine rings is 1. The van der Waals surface area contributed by atoms with E-state index < -0.39 is 18.0 Å². The maximum absolute atomic E-state index is 12.4. The van der Waals surface area contributed by atoms with Crippen LogP contribution in [0.2, 0.25) is 5.02 Å². The smallest absolute Gasteiger partial charge is 0.326 e. The minimum absolute atomic E-state index is 0.0597. The SMILES string of the molecule is Cc1ccc(NC(=O)N2CCCC(C)C2C(=O)O)c(Cl)c1. The number of anilines is 1. The molecular weight excluding hydrogens is 292 g/mol. The minimum Gasteiger partial charge on any atom is -0.480 e. The monoisotopic (exact) mass is 310 g/mol. The third kappa shape index (κ3) is 3.47. The van der Waals surface area contributed by atoms with Crippen LogP contribution in [0.3, 0.4) is 0 Å². The van der Waals surface area contributed by atoms with Crippen molar-refractivity contribution in [2.75, 3.05) is 11.9 Å². The number of aryl methyl sites for hydroxylation is 1. The number of carboxylic acids is 1. The second kappa shape index (κ2) is 6.35. The third-order valence-corrected chi connectivity index (χ3v) is 4.13. The van der Waals surface area contributed by atoms with Gasteiger partial charge in [0, 0.05) is 6.54 Å². The zero-order valence-corrected chi connectivity index (χ0v) is 12.9. The van der Waals surface area contributed by atoms with E-state index in [9.17, 15) is 14.7 Å². The zero-order valence-electron chi connectivity index (χ0n) is 12.1. The molecule has 0 spiro atoms. The van der Waals surface area contributed by atoms with Crippen LogP contribution in [-0.2, 0) is 4.79 Å². The van der Waals surface area contributed by atoms with Crippen LogP contribution < -0.4 is 5.32 Å². The maximum atomic E-state index is 12.4. The zero-order chi connectivity index (χ0) is 15.6. The Hall–Kier alpha value is -1.75. The van der Waals surface area contributed by atoms with Gasteiger partial charge >= 0.3 is 12.0 Å². The molecule has 2 rings (SSSR count). The first-order valence-corrected chi connectivity index (χ1v) is 7.34. The maximum Gasteiger partial charge on any atom is 0.326 e. The van der Waals surface area contributed by atoms with E-state index in [1.807, 2.05) is 19.9 Å². The van der Waals surface area contributed by atoms with Gasteiger partial charge in [0.1, 0.15) is 6.04 Å². The average Bonchev–Trinajstić information content (AvgIpc) is 2.41. The van der Waals surface area contributed by atoms with E-state index in [0.29, 0.717) is 17.3 Å². The van der Waals surface area contributed by atoms with Crippen LogP contribution in [0.25, 0.3) is 0 Å². The Kier molecular flexibility index (Phi) is 4.73. The van der Waals surface area contributed by atoms with Crippen molar-refractivity contribution in [2.45, 2.75) is 32.7 Å². The van der Waals surface area contributed by atoms with Crippen molar-refractivity contribution in [1.29, 1.82) is 0 Å². The highest BCUT2D eigenvalue weighted by molar-refractivity contribution is 6.33. The van der Waals surface area contributed by atoms with Gasteiger partial charge in [-0.15, -0.1) is 0 Å². The molecule has 1 heterocycles. The summed E-state index contributed by atoms with van der Waals surface area (Å²) in [7, 11) is 0. The summed E-state index contributed by atoms with van der Waals surface area (Å²) >= 11 is 6.09. The number of hydrogen-bond donors (Lipinski definition) is 2. The number of aliphatic carboxylic acids is 1. The van der Waals surface area contributed by atoms with Crippen LogP contribution in [0.4, 0.5) is 10.5 Å². The summed E-state index contributed by atoms with van der Waals surface area (Å²) in [5.41, 5.74) is 1.49. The van der Waals surface area contributed by atoms with Crippen molar-refractivity contribution in [3.05, 3.63) is 28.8 Å². The van der Waals surface area contributed by atoms with Crippen molar-refractivity contribution < 1.29 is 14.7 Å². The van der Waals surface area contributed by atoms with E-state index in [0.717, 1.165) is 18.4 Å². The van der Waals surface area contributed by atoms with Gasteiger partial charge in [-0.1, -0.05) is 24.6 Å². The largest absolute Gasteiger partial charge is 0.480 e. The van der Waals surface area contributed by atoms with Crippen LogP contribution in [0.1, 0.15) is 25.3 Å². The van der Waals surface area contributed by atoms with Gasteiger partial charge in [-0.3, -0.25) is 0 Å². The molecule has 2 N–H and O–H groups in total. The fraction of sp³-hybridized carbons (Fsp3) is 0.467. The molecule has 2 unspecified atom stereocenters. The van der Waals surface area contributed by atoms with Crippen LogP contribution in [0.5, 0.6) is 0 Å². The number of nitrogens with one attached hydrogen (secondary N) is 1. The lowest BCUT2D eigenvalue weighted by atomic mass is 9.91. The van der Waals surface area contributed by atoms with Gasteiger partial charge in [-0.05, 0) is 43.4 Å². The summed E-state index contributed by atoms with van der Waals surface area (Å²) in [5, 5.41) is 12.5. The highest BCUT2D eigenvalue weighted by Gasteiger charge is 2.37. The van der Waals surface area contributed by atoms with E-state index >= 15 is 0 Å². The Bertz CT molecular complexity index is 562. The van der Waals surface area contributed by atoms with Crippen LogP contribution in [0, 0.1) is 12.8 Å². The molecular formula is C15H19ClN2O3. The Balaban J connectivity index is 2.16. The molecule has 0 aliphatic carbocycles. The first kappa shape index (κ1) is 15.6. The quantitative estimate of drug-likeness (QED) is 0.880. The van der Waals surface area contributed by atoms with Crippen molar-refractivity contribution in [2.24, 2.45) is 5.92 Å². The molecule has 0 radical (unpaired) electrons. The molecule has 1 fully saturated rings. The number of carbonyl (C=O) groups excluding carboxylic acids is 1. The van der Waals surface area contributed by atoms with Gasteiger partial charge in [-0.2, -0.15) is 0 Å². The van der Waals surface area contributed by atoms with E-state index in [1.165, 1.54) is 4.90 Å². The van der Waals surface area contributed by atoms with Gasteiger partial charge in [0.05, 0.1) is 10.7 Å². The second-order valence-corrected chi connectivity index (χ2v) is 5.92. The molecule has 21 heavy (non-hydrogen) atoms. The molecule has 0 saturated carbocycles. The fourth-order valence-electron chi connectivity index (χ4n) is 2.70. The number of amides is 2. The number of halogens is 1. The molecule has 0 aromatic heterocycles. The number of urea groups is 1. The van der Waals surface area contributed by atoms with Gasteiger partial charge in [0.25, 0.3) is 0 Å². The molecule has 2 atom stereocenters. The summed E-state index contributed by atoms with van der Waals surface area (Å²) in [4.78, 5) is 25.1. The average molecular weight is 311 g/mol. The van der Waals surface area contributed by atoms with E-state index in [4.69, 9.17) is 11.6 Å². The van der Waals surface area contributed by atoms with Gasteiger partial charge in [0.2, 0.25) is 0 Å². The molecule has 1 saturated heterocycles. The summed E-state index contributed by atoms with van der Waals surface area (Å²) in [6.45, 7) is 4.21. The van der Waals surface area contributed by atoms with E-state index in [-0.39, 0.29) is 5.92 Å². The topological polar surface area (TPSA) is 69.6 Å². The number of carbonyl (C=O) groups is 2. The predicted molar refractivity (Wildman–Crippen MR) is 81.7 cm³/mol. The van der Waals surface area contributed by atoms with E-state index in [1.54, 1.807) is 12.1 Å². The van der Waals surface area contributed by atoms with Crippen LogP contribution in [0.15, 0.2) is 18.2 Å². The molecule has 1 aliphatic heterocycles. The molecule has 1 aliphatic rings. The Morgan fingerprint density at radius 3 is 2.76 bits per heavy atom. The number of likely N-dealkylation sites (tertiary alicyclic amines) is 1. The lowest BCUT2D eigenvalue weighted by Gasteiger charge is -2.37. The summed E-state index contributed by atoms with van der Waals surface area (Å²) < 4.78 is 0. The highest BCUT2D eigenvalue weighted by atomic mass is 35.5. The molecule has 1 aromatic rings. The number of hydrogen-bond acceptors (Lipinski definition) is 2. The second-order valence-electron chi connectivity index (χ2n) is 5.51.